The van der Waals surface area contributed by atoms with Crippen LogP contribution in [0.3, 0.4) is 0 Å². The van der Waals surface area contributed by atoms with Crippen molar-refractivity contribution in [3.63, 3.8) is 0 Å². The number of nitrogens with zero attached hydrogens (tertiary/aromatic N) is 4. The van der Waals surface area contributed by atoms with Gasteiger partial charge in [-0.2, -0.15) is 0 Å². The van der Waals surface area contributed by atoms with Crippen molar-refractivity contribution < 1.29 is 4.74 Å². The van der Waals surface area contributed by atoms with Gasteiger partial charge in [-0.15, -0.1) is 35.3 Å². The van der Waals surface area contributed by atoms with Gasteiger partial charge in [0.05, 0.1) is 12.2 Å². The first kappa shape index (κ1) is 26.6. The molecular weight excluding hydrogens is 497 g/mol. The summed E-state index contributed by atoms with van der Waals surface area (Å²) >= 11 is 1.66. The van der Waals surface area contributed by atoms with Gasteiger partial charge in [-0.25, -0.2) is 4.98 Å². The first-order chi connectivity index (χ1) is 13.6. The van der Waals surface area contributed by atoms with Gasteiger partial charge in [0.25, 0.3) is 0 Å². The number of methoxy groups -OCH3 is 1. The normalized spacial score (nSPS) is 16.3. The zero-order valence-electron chi connectivity index (χ0n) is 18.7. The van der Waals surface area contributed by atoms with E-state index in [4.69, 9.17) is 14.7 Å². The predicted molar refractivity (Wildman–Crippen MR) is 135 cm³/mol. The Hall–Kier alpha value is -0.450. The Bertz CT molecular complexity index is 577. The summed E-state index contributed by atoms with van der Waals surface area (Å²) in [6, 6.07) is 0. The quantitative estimate of drug-likeness (QED) is 0.195. The van der Waals surface area contributed by atoms with E-state index in [2.05, 4.69) is 34.5 Å². The van der Waals surface area contributed by atoms with E-state index in [-0.39, 0.29) is 30.1 Å². The summed E-state index contributed by atoms with van der Waals surface area (Å²) < 4.78 is 5.36. The highest BCUT2D eigenvalue weighted by Gasteiger charge is 2.13. The molecule has 0 bridgehead atoms. The molecule has 0 spiro atoms. The van der Waals surface area contributed by atoms with Gasteiger partial charge in [0.15, 0.2) is 5.96 Å². The molecule has 168 valence electrons. The highest BCUT2D eigenvalue weighted by atomic mass is 127. The molecule has 6 nitrogen and oxygen atoms in total. The van der Waals surface area contributed by atoms with E-state index >= 15 is 0 Å². The van der Waals surface area contributed by atoms with Crippen LogP contribution in [-0.4, -0.2) is 67.6 Å². The van der Waals surface area contributed by atoms with E-state index in [1.807, 2.05) is 6.92 Å². The van der Waals surface area contributed by atoms with Crippen molar-refractivity contribution in [2.24, 2.45) is 4.99 Å². The van der Waals surface area contributed by atoms with Gasteiger partial charge in [-0.05, 0) is 59.2 Å². The largest absolute Gasteiger partial charge is 0.375 e. The van der Waals surface area contributed by atoms with E-state index in [1.165, 1.54) is 51.7 Å². The van der Waals surface area contributed by atoms with Crippen LogP contribution >= 0.6 is 35.3 Å². The Labute approximate surface area is 198 Å². The number of piperidine rings is 1. The van der Waals surface area contributed by atoms with Crippen molar-refractivity contribution in [1.29, 1.82) is 0 Å². The van der Waals surface area contributed by atoms with E-state index in [9.17, 15) is 0 Å². The standard InChI is InChI=1S/C21H39N5OS.HI/c1-5-22-21(23-12-8-6-9-13-26-14-10-7-11-15-26)25(3)16-19-17-28-20(24-19)18(2)27-4;/h17-18H,5-16H2,1-4H3,(H,22,23);1H. The van der Waals surface area contributed by atoms with Crippen LogP contribution in [0.4, 0.5) is 0 Å². The molecule has 2 heterocycles. The highest BCUT2D eigenvalue weighted by Crippen LogP contribution is 2.21. The fraction of sp³-hybridized carbons (Fsp3) is 0.810. The molecule has 29 heavy (non-hydrogen) atoms. The van der Waals surface area contributed by atoms with Crippen molar-refractivity contribution in [2.45, 2.75) is 65.0 Å². The molecule has 1 aliphatic heterocycles. The molecule has 0 amide bonds. The molecule has 1 fully saturated rings. The van der Waals surface area contributed by atoms with Gasteiger partial charge in [0, 0.05) is 32.6 Å². The molecule has 1 atom stereocenters. The molecule has 2 rings (SSSR count). The summed E-state index contributed by atoms with van der Waals surface area (Å²) in [5.74, 6) is 0.966. The Kier molecular flexibility index (Phi) is 14.1. The first-order valence-electron chi connectivity index (χ1n) is 10.8. The van der Waals surface area contributed by atoms with Crippen molar-refractivity contribution in [3.8, 4) is 0 Å². The van der Waals surface area contributed by atoms with Gasteiger partial charge in [0.2, 0.25) is 0 Å². The fourth-order valence-electron chi connectivity index (χ4n) is 3.46. The number of halogens is 1. The number of hydrogen-bond acceptors (Lipinski definition) is 5. The Balaban J connectivity index is 0.00000420. The van der Waals surface area contributed by atoms with Gasteiger partial charge in [-0.1, -0.05) is 12.8 Å². The van der Waals surface area contributed by atoms with Crippen molar-refractivity contribution >= 4 is 41.3 Å². The summed E-state index contributed by atoms with van der Waals surface area (Å²) in [7, 11) is 3.80. The second kappa shape index (κ2) is 15.4. The fourth-order valence-corrected chi connectivity index (χ4v) is 4.30. The number of ether oxygens (including phenoxy) is 1. The topological polar surface area (TPSA) is 53.0 Å². The zero-order chi connectivity index (χ0) is 20.2. The Morgan fingerprint density at radius 1 is 1.31 bits per heavy atom. The number of aromatic nitrogens is 1. The lowest BCUT2D eigenvalue weighted by atomic mass is 10.1. The minimum atomic E-state index is 0. The van der Waals surface area contributed by atoms with E-state index in [1.54, 1.807) is 18.4 Å². The van der Waals surface area contributed by atoms with Crippen molar-refractivity contribution in [3.05, 3.63) is 16.1 Å². The number of unbranched alkanes of at least 4 members (excludes halogenated alkanes) is 2. The van der Waals surface area contributed by atoms with Crippen LogP contribution in [0.5, 0.6) is 0 Å². The molecule has 0 aliphatic carbocycles. The summed E-state index contributed by atoms with van der Waals surface area (Å²) in [6.07, 6.45) is 7.94. The number of likely N-dealkylation sites (tertiary alicyclic amines) is 1. The predicted octanol–water partition coefficient (Wildman–Crippen LogP) is 4.52. The van der Waals surface area contributed by atoms with E-state index in [0.717, 1.165) is 42.7 Å². The molecule has 1 aromatic rings. The smallest absolute Gasteiger partial charge is 0.194 e. The van der Waals surface area contributed by atoms with E-state index in [0.29, 0.717) is 0 Å². The molecule has 1 saturated heterocycles. The van der Waals surface area contributed by atoms with Crippen molar-refractivity contribution in [1.82, 2.24) is 20.1 Å². The lowest BCUT2D eigenvalue weighted by molar-refractivity contribution is 0.119. The molecule has 1 N–H and O–H groups in total. The molecule has 1 aliphatic rings. The van der Waals surface area contributed by atoms with Gasteiger partial charge in [-0.3, -0.25) is 4.99 Å². The lowest BCUT2D eigenvalue weighted by Crippen LogP contribution is -2.38. The molecule has 1 aromatic heterocycles. The lowest BCUT2D eigenvalue weighted by Gasteiger charge is -2.26. The molecule has 0 radical (unpaired) electrons. The third kappa shape index (κ3) is 9.93. The number of aliphatic imine (C=N–C) groups is 1. The average Bonchev–Trinajstić information content (AvgIpc) is 3.18. The van der Waals surface area contributed by atoms with Crippen LogP contribution in [0.1, 0.15) is 69.2 Å². The maximum atomic E-state index is 5.36. The third-order valence-electron chi connectivity index (χ3n) is 5.21. The number of nitrogens with one attached hydrogen (secondary N) is 1. The Morgan fingerprint density at radius 3 is 2.76 bits per heavy atom. The SMILES string of the molecule is CCNC(=NCCCCCN1CCCCC1)N(C)Cc1csc(C(C)OC)n1.I. The molecule has 0 aromatic carbocycles. The third-order valence-corrected chi connectivity index (χ3v) is 6.26. The highest BCUT2D eigenvalue weighted by molar-refractivity contribution is 14.0. The maximum Gasteiger partial charge on any atom is 0.194 e. The number of rotatable bonds is 11. The van der Waals surface area contributed by atoms with Crippen LogP contribution in [0.15, 0.2) is 10.4 Å². The average molecular weight is 538 g/mol. The number of guanidine groups is 1. The summed E-state index contributed by atoms with van der Waals surface area (Å²) in [4.78, 5) is 14.3. The van der Waals surface area contributed by atoms with Crippen LogP contribution in [-0.2, 0) is 11.3 Å². The number of hydrogen-bond donors (Lipinski definition) is 1. The van der Waals surface area contributed by atoms with Crippen molar-refractivity contribution in [2.75, 3.05) is 46.9 Å². The second-order valence-electron chi connectivity index (χ2n) is 7.61. The van der Waals surface area contributed by atoms with E-state index < -0.39 is 0 Å². The minimum Gasteiger partial charge on any atom is -0.375 e. The zero-order valence-corrected chi connectivity index (χ0v) is 21.8. The minimum absolute atomic E-state index is 0. The molecular formula is C21H40IN5OS. The Morgan fingerprint density at radius 2 is 2.07 bits per heavy atom. The molecule has 8 heteroatoms. The first-order valence-corrected chi connectivity index (χ1v) is 11.7. The second-order valence-corrected chi connectivity index (χ2v) is 8.50. The summed E-state index contributed by atoms with van der Waals surface area (Å²) in [5.41, 5.74) is 1.07. The van der Waals surface area contributed by atoms with Crippen LogP contribution < -0.4 is 5.32 Å². The van der Waals surface area contributed by atoms with Gasteiger partial charge >= 0.3 is 0 Å². The summed E-state index contributed by atoms with van der Waals surface area (Å²) in [6.45, 7) is 10.5. The van der Waals surface area contributed by atoms with Gasteiger partial charge in [0.1, 0.15) is 11.1 Å². The van der Waals surface area contributed by atoms with Crippen LogP contribution in [0, 0.1) is 0 Å². The van der Waals surface area contributed by atoms with Crippen LogP contribution in [0.25, 0.3) is 0 Å². The monoisotopic (exact) mass is 537 g/mol. The molecule has 1 unspecified atom stereocenters. The molecule has 0 saturated carbocycles. The summed E-state index contributed by atoms with van der Waals surface area (Å²) in [5, 5.41) is 6.55. The number of thiazole rings is 1. The van der Waals surface area contributed by atoms with Crippen LogP contribution in [0.2, 0.25) is 0 Å². The van der Waals surface area contributed by atoms with Gasteiger partial charge < -0.3 is 19.9 Å². The maximum absolute atomic E-state index is 5.36.